The lowest BCUT2D eigenvalue weighted by Crippen LogP contribution is -2.30. The van der Waals surface area contributed by atoms with E-state index >= 15 is 0 Å². The molecule has 0 saturated carbocycles. The topological polar surface area (TPSA) is 44.4 Å². The van der Waals surface area contributed by atoms with Gasteiger partial charge in [-0.25, -0.2) is 4.79 Å². The zero-order chi connectivity index (χ0) is 16.8. The Hall–Kier alpha value is -1.92. The molecule has 1 rings (SSSR count). The molecule has 0 aliphatic carbocycles. The van der Waals surface area contributed by atoms with E-state index in [2.05, 4.69) is 10.6 Å². The van der Waals surface area contributed by atoms with Gasteiger partial charge in [-0.15, -0.1) is 0 Å². The molecular weight excluding hydrogens is 295 g/mol. The predicted molar refractivity (Wildman–Crippen MR) is 82.3 cm³/mol. The van der Waals surface area contributed by atoms with Crippen molar-refractivity contribution in [3.63, 3.8) is 0 Å². The molecule has 1 aromatic rings. The Bertz CT molecular complexity index is 501. The van der Waals surface area contributed by atoms with Crippen LogP contribution in [0.4, 0.5) is 29.3 Å². The van der Waals surface area contributed by atoms with Crippen LogP contribution >= 0.6 is 0 Å². The van der Waals surface area contributed by atoms with Gasteiger partial charge in [0.2, 0.25) is 0 Å². The second-order valence-electron chi connectivity index (χ2n) is 5.21. The summed E-state index contributed by atoms with van der Waals surface area (Å²) in [5, 5.41) is 4.83. The van der Waals surface area contributed by atoms with Gasteiger partial charge in [0.15, 0.2) is 0 Å². The summed E-state index contributed by atoms with van der Waals surface area (Å²) in [5.41, 5.74) is -0.685. The molecule has 22 heavy (non-hydrogen) atoms. The number of unbranched alkanes of at least 4 members (excludes halogenated alkanes) is 2. The fourth-order valence-corrected chi connectivity index (χ4v) is 1.90. The number of halogens is 3. The molecular formula is C15H22F3N3O. The third-order valence-electron chi connectivity index (χ3n) is 3.14. The summed E-state index contributed by atoms with van der Waals surface area (Å²) < 4.78 is 39.3. The van der Waals surface area contributed by atoms with Crippen LogP contribution < -0.4 is 15.5 Å². The molecule has 0 fully saturated rings. The third kappa shape index (κ3) is 5.46. The molecule has 4 nitrogen and oxygen atoms in total. The lowest BCUT2D eigenvalue weighted by molar-refractivity contribution is -0.136. The number of hydrogen-bond acceptors (Lipinski definition) is 2. The molecule has 2 amide bonds. The van der Waals surface area contributed by atoms with Gasteiger partial charge >= 0.3 is 12.2 Å². The molecule has 0 bridgehead atoms. The Morgan fingerprint density at radius 2 is 1.91 bits per heavy atom. The first kappa shape index (κ1) is 18.1. The summed E-state index contributed by atoms with van der Waals surface area (Å²) >= 11 is 0. The maximum absolute atomic E-state index is 13.1. The highest BCUT2D eigenvalue weighted by molar-refractivity contribution is 5.90. The van der Waals surface area contributed by atoms with Crippen LogP contribution in [0.1, 0.15) is 31.7 Å². The Morgan fingerprint density at radius 1 is 1.23 bits per heavy atom. The van der Waals surface area contributed by atoms with Crippen molar-refractivity contribution in [1.29, 1.82) is 0 Å². The number of amides is 2. The first-order valence-corrected chi connectivity index (χ1v) is 7.19. The second-order valence-corrected chi connectivity index (χ2v) is 5.21. The summed E-state index contributed by atoms with van der Waals surface area (Å²) in [7, 11) is 3.31. The van der Waals surface area contributed by atoms with E-state index in [1.54, 1.807) is 19.0 Å². The van der Waals surface area contributed by atoms with Crippen LogP contribution in [0, 0.1) is 0 Å². The quantitative estimate of drug-likeness (QED) is 0.776. The van der Waals surface area contributed by atoms with Crippen molar-refractivity contribution in [1.82, 2.24) is 5.32 Å². The van der Waals surface area contributed by atoms with E-state index in [0.717, 1.165) is 25.3 Å². The average Bonchev–Trinajstić information content (AvgIpc) is 2.42. The zero-order valence-electron chi connectivity index (χ0n) is 13.0. The minimum atomic E-state index is -4.53. The first-order chi connectivity index (χ1) is 10.3. The standard InChI is InChI=1S/C15H22F3N3O/c1-4-5-6-9-19-14(22)20-13-8-7-11(21(2)3)10-12(13)15(16,17)18/h7-8,10H,4-6,9H2,1-3H3,(H2,19,20,22). The third-order valence-corrected chi connectivity index (χ3v) is 3.14. The molecule has 0 spiro atoms. The number of nitrogens with one attached hydrogen (secondary N) is 2. The van der Waals surface area contributed by atoms with Crippen molar-refractivity contribution >= 4 is 17.4 Å². The SMILES string of the molecule is CCCCCNC(=O)Nc1ccc(N(C)C)cc1C(F)(F)F. The number of rotatable bonds is 6. The van der Waals surface area contributed by atoms with E-state index in [-0.39, 0.29) is 5.69 Å². The molecule has 0 aliphatic heterocycles. The molecule has 2 N–H and O–H groups in total. The highest BCUT2D eigenvalue weighted by Gasteiger charge is 2.34. The van der Waals surface area contributed by atoms with Crippen LogP contribution in [0.25, 0.3) is 0 Å². The minimum Gasteiger partial charge on any atom is -0.378 e. The first-order valence-electron chi connectivity index (χ1n) is 7.19. The van der Waals surface area contributed by atoms with Gasteiger partial charge in [0, 0.05) is 26.3 Å². The Balaban J connectivity index is 2.83. The second kappa shape index (κ2) is 7.91. The molecule has 0 aromatic heterocycles. The number of nitrogens with zero attached hydrogens (tertiary/aromatic N) is 1. The van der Waals surface area contributed by atoms with Gasteiger partial charge in [-0.3, -0.25) is 0 Å². The Kier molecular flexibility index (Phi) is 6.52. The van der Waals surface area contributed by atoms with Crippen molar-refractivity contribution in [2.75, 3.05) is 30.9 Å². The van der Waals surface area contributed by atoms with E-state index in [4.69, 9.17) is 0 Å². The van der Waals surface area contributed by atoms with Gasteiger partial charge in [0.05, 0.1) is 11.3 Å². The fraction of sp³-hybridized carbons (Fsp3) is 0.533. The number of hydrogen-bond donors (Lipinski definition) is 2. The molecule has 124 valence electrons. The van der Waals surface area contributed by atoms with Crippen LogP contribution in [0.3, 0.4) is 0 Å². The smallest absolute Gasteiger partial charge is 0.378 e. The molecule has 0 aliphatic rings. The van der Waals surface area contributed by atoms with Gasteiger partial charge in [-0.2, -0.15) is 13.2 Å². The summed E-state index contributed by atoms with van der Waals surface area (Å²) in [4.78, 5) is 13.2. The van der Waals surface area contributed by atoms with Gasteiger partial charge in [-0.1, -0.05) is 19.8 Å². The number of carbonyl (C=O) groups is 1. The lowest BCUT2D eigenvalue weighted by atomic mass is 10.1. The van der Waals surface area contributed by atoms with Crippen LogP contribution in [-0.2, 0) is 6.18 Å². The number of alkyl halides is 3. The molecule has 7 heteroatoms. The van der Waals surface area contributed by atoms with Crippen molar-refractivity contribution in [3.05, 3.63) is 23.8 Å². The zero-order valence-corrected chi connectivity index (χ0v) is 13.0. The maximum atomic E-state index is 13.1. The van der Waals surface area contributed by atoms with Gasteiger partial charge < -0.3 is 15.5 Å². The Morgan fingerprint density at radius 3 is 2.45 bits per heavy atom. The Labute approximate surface area is 128 Å². The largest absolute Gasteiger partial charge is 0.418 e. The average molecular weight is 317 g/mol. The van der Waals surface area contributed by atoms with Gasteiger partial charge in [0.1, 0.15) is 0 Å². The predicted octanol–water partition coefficient (Wildman–Crippen LogP) is 4.08. The van der Waals surface area contributed by atoms with E-state index in [0.29, 0.717) is 12.2 Å². The lowest BCUT2D eigenvalue weighted by Gasteiger charge is -2.19. The monoisotopic (exact) mass is 317 g/mol. The summed E-state index contributed by atoms with van der Waals surface area (Å²) in [5.74, 6) is 0. The highest BCUT2D eigenvalue weighted by atomic mass is 19.4. The van der Waals surface area contributed by atoms with Crippen molar-refractivity contribution in [2.45, 2.75) is 32.4 Å². The summed E-state index contributed by atoms with van der Waals surface area (Å²) in [6, 6.07) is 3.19. The fourth-order valence-electron chi connectivity index (χ4n) is 1.90. The van der Waals surface area contributed by atoms with Gasteiger partial charge in [0.25, 0.3) is 0 Å². The highest BCUT2D eigenvalue weighted by Crippen LogP contribution is 2.37. The van der Waals surface area contributed by atoms with E-state index < -0.39 is 17.8 Å². The minimum absolute atomic E-state index is 0.244. The summed E-state index contributed by atoms with van der Waals surface area (Å²) in [6.07, 6.45) is -1.76. The number of anilines is 2. The van der Waals surface area contributed by atoms with Crippen LogP contribution in [0.15, 0.2) is 18.2 Å². The summed E-state index contributed by atoms with van der Waals surface area (Å²) in [6.45, 7) is 2.47. The van der Waals surface area contributed by atoms with E-state index in [1.165, 1.54) is 12.1 Å². The number of urea groups is 1. The van der Waals surface area contributed by atoms with Crippen molar-refractivity contribution in [3.8, 4) is 0 Å². The van der Waals surface area contributed by atoms with Crippen LogP contribution in [0.2, 0.25) is 0 Å². The van der Waals surface area contributed by atoms with E-state index in [1.807, 2.05) is 6.92 Å². The van der Waals surface area contributed by atoms with Crippen LogP contribution in [0.5, 0.6) is 0 Å². The van der Waals surface area contributed by atoms with E-state index in [9.17, 15) is 18.0 Å². The molecule has 0 unspecified atom stereocenters. The molecule has 0 atom stereocenters. The molecule has 0 saturated heterocycles. The molecule has 0 heterocycles. The maximum Gasteiger partial charge on any atom is 0.418 e. The molecule has 0 radical (unpaired) electrons. The van der Waals surface area contributed by atoms with Crippen molar-refractivity contribution < 1.29 is 18.0 Å². The van der Waals surface area contributed by atoms with Crippen LogP contribution in [-0.4, -0.2) is 26.7 Å². The number of benzene rings is 1. The van der Waals surface area contributed by atoms with Crippen molar-refractivity contribution in [2.24, 2.45) is 0 Å². The normalized spacial score (nSPS) is 11.2. The van der Waals surface area contributed by atoms with Gasteiger partial charge in [-0.05, 0) is 24.6 Å². The number of carbonyl (C=O) groups excluding carboxylic acids is 1. The molecule has 1 aromatic carbocycles.